The summed E-state index contributed by atoms with van der Waals surface area (Å²) in [5, 5.41) is 1.33. The summed E-state index contributed by atoms with van der Waals surface area (Å²) in [4.78, 5) is 4.41. The molecule has 1 aromatic heterocycles. The third kappa shape index (κ3) is 2.40. The first-order valence-corrected chi connectivity index (χ1v) is 6.49. The Morgan fingerprint density at radius 1 is 1.21 bits per heavy atom. The van der Waals surface area contributed by atoms with E-state index in [9.17, 15) is 0 Å². The first-order chi connectivity index (χ1) is 9.12. The van der Waals surface area contributed by atoms with E-state index in [0.29, 0.717) is 27.9 Å². The van der Waals surface area contributed by atoms with Crippen LogP contribution in [0.5, 0.6) is 11.5 Å². The summed E-state index contributed by atoms with van der Waals surface area (Å²) in [7, 11) is 3.16. The van der Waals surface area contributed by atoms with Crippen LogP contribution in [0.4, 0.5) is 5.82 Å². The van der Waals surface area contributed by atoms with E-state index in [2.05, 4.69) is 11.9 Å². The highest BCUT2D eigenvalue weighted by Crippen LogP contribution is 2.39. The minimum atomic E-state index is 0.522. The molecule has 0 atom stereocenters. The van der Waals surface area contributed by atoms with Crippen molar-refractivity contribution in [3.05, 3.63) is 22.7 Å². The van der Waals surface area contributed by atoms with E-state index in [1.165, 1.54) is 0 Å². The third-order valence-corrected chi connectivity index (χ3v) is 3.43. The lowest BCUT2D eigenvalue weighted by atomic mass is 10.1. The lowest BCUT2D eigenvalue weighted by Crippen LogP contribution is -2.00. The number of nitrogens with two attached hydrogens (primary N) is 1. The Labute approximate surface area is 117 Å². The van der Waals surface area contributed by atoms with Crippen LogP contribution in [0.15, 0.2) is 12.1 Å². The zero-order chi connectivity index (χ0) is 14.0. The smallest absolute Gasteiger partial charge is 0.148 e. The van der Waals surface area contributed by atoms with Gasteiger partial charge < -0.3 is 15.2 Å². The first kappa shape index (κ1) is 13.7. The molecule has 102 valence electrons. The summed E-state index contributed by atoms with van der Waals surface area (Å²) >= 11 is 6.33. The van der Waals surface area contributed by atoms with Gasteiger partial charge in [-0.2, -0.15) is 0 Å². The summed E-state index contributed by atoms with van der Waals surface area (Å²) in [6.45, 7) is 2.09. The maximum atomic E-state index is 6.33. The lowest BCUT2D eigenvalue weighted by molar-refractivity contribution is 0.397. The van der Waals surface area contributed by atoms with Crippen LogP contribution in [0.2, 0.25) is 5.02 Å². The molecule has 2 aromatic rings. The van der Waals surface area contributed by atoms with Gasteiger partial charge in [-0.05, 0) is 18.1 Å². The molecule has 0 fully saturated rings. The molecule has 0 aliphatic heterocycles. The summed E-state index contributed by atoms with van der Waals surface area (Å²) in [5.41, 5.74) is 7.63. The van der Waals surface area contributed by atoms with Crippen molar-refractivity contribution in [2.24, 2.45) is 0 Å². The van der Waals surface area contributed by atoms with Gasteiger partial charge in [0.1, 0.15) is 22.8 Å². The number of aromatic nitrogens is 1. The first-order valence-electron chi connectivity index (χ1n) is 6.11. The Morgan fingerprint density at radius 3 is 2.47 bits per heavy atom. The van der Waals surface area contributed by atoms with Crippen molar-refractivity contribution in [1.29, 1.82) is 0 Å². The van der Waals surface area contributed by atoms with Gasteiger partial charge >= 0.3 is 0 Å². The Balaban J connectivity index is 2.78. The average molecular weight is 281 g/mol. The summed E-state index contributed by atoms with van der Waals surface area (Å²) in [6, 6.07) is 3.69. The molecule has 0 amide bonds. The number of hydrogen-bond acceptors (Lipinski definition) is 4. The van der Waals surface area contributed by atoms with Crippen LogP contribution in [0.25, 0.3) is 10.9 Å². The molecule has 0 saturated carbocycles. The Morgan fingerprint density at radius 2 is 1.89 bits per heavy atom. The second-order valence-electron chi connectivity index (χ2n) is 4.27. The number of pyridine rings is 1. The molecule has 19 heavy (non-hydrogen) atoms. The lowest BCUT2D eigenvalue weighted by Gasteiger charge is -2.13. The molecule has 0 unspecified atom stereocenters. The maximum absolute atomic E-state index is 6.33. The second kappa shape index (κ2) is 5.53. The Hall–Kier alpha value is -1.68. The van der Waals surface area contributed by atoms with Crippen molar-refractivity contribution in [3.63, 3.8) is 0 Å². The van der Waals surface area contributed by atoms with Crippen molar-refractivity contribution in [1.82, 2.24) is 4.98 Å². The Bertz CT molecular complexity index is 614. The number of fused-ring (bicyclic) bond motifs is 1. The van der Waals surface area contributed by atoms with Gasteiger partial charge in [0.25, 0.3) is 0 Å². The van der Waals surface area contributed by atoms with E-state index in [4.69, 9.17) is 26.8 Å². The van der Waals surface area contributed by atoms with Gasteiger partial charge in [-0.1, -0.05) is 24.9 Å². The van der Waals surface area contributed by atoms with Crippen molar-refractivity contribution >= 4 is 28.3 Å². The molecule has 0 radical (unpaired) electrons. The number of anilines is 1. The maximum Gasteiger partial charge on any atom is 0.148 e. The van der Waals surface area contributed by atoms with Crippen LogP contribution in [0.3, 0.4) is 0 Å². The van der Waals surface area contributed by atoms with Crippen LogP contribution in [-0.4, -0.2) is 19.2 Å². The number of halogens is 1. The minimum Gasteiger partial charge on any atom is -0.495 e. The zero-order valence-corrected chi connectivity index (χ0v) is 12.0. The molecule has 0 bridgehead atoms. The molecule has 0 aliphatic rings. The number of benzene rings is 1. The van der Waals surface area contributed by atoms with Gasteiger partial charge in [-0.25, -0.2) is 4.98 Å². The minimum absolute atomic E-state index is 0.522. The molecule has 0 saturated heterocycles. The molecule has 0 aliphatic carbocycles. The predicted octanol–water partition coefficient (Wildman–Crippen LogP) is 3.44. The van der Waals surface area contributed by atoms with E-state index in [0.717, 1.165) is 23.8 Å². The quantitative estimate of drug-likeness (QED) is 0.932. The zero-order valence-electron chi connectivity index (χ0n) is 11.3. The highest BCUT2D eigenvalue weighted by molar-refractivity contribution is 6.37. The van der Waals surface area contributed by atoms with Gasteiger partial charge in [0.15, 0.2) is 0 Å². The molecule has 4 nitrogen and oxygen atoms in total. The van der Waals surface area contributed by atoms with Gasteiger partial charge in [0, 0.05) is 11.5 Å². The summed E-state index contributed by atoms with van der Waals surface area (Å²) in [6.07, 6.45) is 1.86. The van der Waals surface area contributed by atoms with Crippen LogP contribution in [0.1, 0.15) is 18.9 Å². The van der Waals surface area contributed by atoms with Crippen molar-refractivity contribution in [2.45, 2.75) is 19.8 Å². The Kier molecular flexibility index (Phi) is 4.00. The van der Waals surface area contributed by atoms with Crippen LogP contribution in [-0.2, 0) is 6.42 Å². The SMILES string of the molecule is CCCc1cc2c(Cl)c(OC)cc(OC)c2nc1N. The van der Waals surface area contributed by atoms with Crippen molar-refractivity contribution < 1.29 is 9.47 Å². The topological polar surface area (TPSA) is 57.4 Å². The standard InChI is InChI=1S/C14H17ClN2O2/c1-4-5-8-6-9-12(15)10(18-2)7-11(19-3)13(9)17-14(8)16/h6-7H,4-5H2,1-3H3,(H2,16,17). The largest absolute Gasteiger partial charge is 0.495 e. The summed E-state index contributed by atoms with van der Waals surface area (Å²) in [5.74, 6) is 1.69. The fourth-order valence-corrected chi connectivity index (χ4v) is 2.36. The second-order valence-corrected chi connectivity index (χ2v) is 4.65. The predicted molar refractivity (Wildman–Crippen MR) is 78.3 cm³/mol. The van der Waals surface area contributed by atoms with Crippen molar-refractivity contribution in [3.8, 4) is 11.5 Å². The van der Waals surface area contributed by atoms with Crippen LogP contribution < -0.4 is 15.2 Å². The number of nitrogens with zero attached hydrogens (tertiary/aromatic N) is 1. The fourth-order valence-electron chi connectivity index (χ4n) is 2.08. The summed E-state index contributed by atoms with van der Waals surface area (Å²) < 4.78 is 10.6. The average Bonchev–Trinajstić information content (AvgIpc) is 2.41. The molecule has 1 aromatic carbocycles. The highest BCUT2D eigenvalue weighted by atomic mass is 35.5. The number of hydrogen-bond donors (Lipinski definition) is 1. The van der Waals surface area contributed by atoms with Gasteiger partial charge in [-0.3, -0.25) is 0 Å². The monoisotopic (exact) mass is 280 g/mol. The molecule has 0 spiro atoms. The normalized spacial score (nSPS) is 10.7. The molecular weight excluding hydrogens is 264 g/mol. The van der Waals surface area contributed by atoms with Gasteiger partial charge in [0.2, 0.25) is 0 Å². The van der Waals surface area contributed by atoms with Crippen molar-refractivity contribution in [2.75, 3.05) is 20.0 Å². The third-order valence-electron chi connectivity index (χ3n) is 3.04. The molecule has 1 heterocycles. The van der Waals surface area contributed by atoms with Crippen LogP contribution in [0, 0.1) is 0 Å². The number of methoxy groups -OCH3 is 2. The number of rotatable bonds is 4. The highest BCUT2D eigenvalue weighted by Gasteiger charge is 2.15. The molecule has 2 N–H and O–H groups in total. The van der Waals surface area contributed by atoms with Gasteiger partial charge in [-0.15, -0.1) is 0 Å². The van der Waals surface area contributed by atoms with E-state index < -0.39 is 0 Å². The van der Waals surface area contributed by atoms with E-state index in [1.807, 2.05) is 6.07 Å². The van der Waals surface area contributed by atoms with Crippen LogP contribution >= 0.6 is 11.6 Å². The number of ether oxygens (including phenoxy) is 2. The van der Waals surface area contributed by atoms with Gasteiger partial charge in [0.05, 0.1) is 19.2 Å². The number of nitrogen functional groups attached to an aromatic ring is 1. The molecule has 5 heteroatoms. The van der Waals surface area contributed by atoms with E-state index >= 15 is 0 Å². The fraction of sp³-hybridized carbons (Fsp3) is 0.357. The van der Waals surface area contributed by atoms with E-state index in [1.54, 1.807) is 20.3 Å². The van der Waals surface area contributed by atoms with E-state index in [-0.39, 0.29) is 0 Å². The molecule has 2 rings (SSSR count). The number of aryl methyl sites for hydroxylation is 1. The molecular formula is C14H17ClN2O2.